The van der Waals surface area contributed by atoms with Crippen LogP contribution < -0.4 is 21.6 Å². The van der Waals surface area contributed by atoms with Crippen molar-refractivity contribution in [3.05, 3.63) is 101 Å². The number of nitrogens with two attached hydrogens (primary N) is 1. The summed E-state index contributed by atoms with van der Waals surface area (Å²) < 4.78 is 0. The minimum Gasteiger partial charge on any atom is -0.733 e. The molecule has 0 spiro atoms. The van der Waals surface area contributed by atoms with E-state index < -0.39 is 17.7 Å². The van der Waals surface area contributed by atoms with Crippen LogP contribution >= 0.6 is 0 Å². The van der Waals surface area contributed by atoms with E-state index in [1.165, 1.54) is 7.11 Å². The molecule has 9 nitrogen and oxygen atoms in total. The lowest BCUT2D eigenvalue weighted by Crippen LogP contribution is -2.36. The summed E-state index contributed by atoms with van der Waals surface area (Å²) >= 11 is 0. The Morgan fingerprint density at radius 3 is 2.26 bits per heavy atom. The topological polar surface area (TPSA) is 132 Å². The average molecular weight is 475 g/mol. The zero-order valence-corrected chi connectivity index (χ0v) is 19.6. The van der Waals surface area contributed by atoms with Gasteiger partial charge in [0.2, 0.25) is 11.8 Å². The third-order valence-electron chi connectivity index (χ3n) is 5.21. The molecule has 0 fully saturated rings. The van der Waals surface area contributed by atoms with Crippen LogP contribution in [0.5, 0.6) is 0 Å². The van der Waals surface area contributed by atoms with Gasteiger partial charge in [-0.2, -0.15) is 0 Å². The Hall–Kier alpha value is -4.21. The predicted molar refractivity (Wildman–Crippen MR) is 137 cm³/mol. The second-order valence-electron chi connectivity index (χ2n) is 7.59. The summed E-state index contributed by atoms with van der Waals surface area (Å²) in [4.78, 5) is 35.0. The molecule has 3 aromatic rings. The summed E-state index contributed by atoms with van der Waals surface area (Å²) in [5.74, 6) is -1.55. The molecular formula is C26H28N5O4-. The first-order chi connectivity index (χ1) is 16.9. The molecule has 182 valence electrons. The monoisotopic (exact) mass is 474 g/mol. The lowest BCUT2D eigenvalue weighted by atomic mass is 9.97. The first-order valence-corrected chi connectivity index (χ1v) is 11.1. The molecule has 0 saturated carbocycles. The van der Waals surface area contributed by atoms with E-state index >= 15 is 0 Å². The van der Waals surface area contributed by atoms with Crippen LogP contribution in [-0.4, -0.2) is 31.3 Å². The van der Waals surface area contributed by atoms with E-state index in [0.29, 0.717) is 34.5 Å². The number of benzene rings is 3. The standard InChI is InChI=1S/C26H28N5O4/c1-3-28-24(27)20-11-13-21(14-12-20)30-26(33)23(19-7-5-4-6-8-19)25(32)29-17-18-9-15-22(16-10-18)31(34)35-2/h4-16,23H,3,17H2,1-2H3,(H2,27,28)(H,29,32)(H,30,33)/q-1. The van der Waals surface area contributed by atoms with Crippen molar-refractivity contribution in [3.8, 4) is 0 Å². The third-order valence-corrected chi connectivity index (χ3v) is 5.21. The van der Waals surface area contributed by atoms with E-state index in [2.05, 4.69) is 20.5 Å². The number of carbonyl (C=O) groups is 2. The molecule has 4 N–H and O–H groups in total. The maximum Gasteiger partial charge on any atom is 0.241 e. The predicted octanol–water partition coefficient (Wildman–Crippen LogP) is 3.32. The van der Waals surface area contributed by atoms with Crippen molar-refractivity contribution in [2.45, 2.75) is 19.4 Å². The fourth-order valence-corrected chi connectivity index (χ4v) is 3.40. The molecule has 3 rings (SSSR count). The van der Waals surface area contributed by atoms with Gasteiger partial charge in [-0.1, -0.05) is 42.5 Å². The third kappa shape index (κ3) is 6.89. The fourth-order valence-electron chi connectivity index (χ4n) is 3.40. The van der Waals surface area contributed by atoms with Gasteiger partial charge in [0.05, 0.1) is 12.8 Å². The molecule has 3 aromatic carbocycles. The van der Waals surface area contributed by atoms with Crippen molar-refractivity contribution >= 4 is 29.0 Å². The van der Waals surface area contributed by atoms with Crippen molar-refractivity contribution in [2.24, 2.45) is 10.7 Å². The van der Waals surface area contributed by atoms with Crippen LogP contribution in [0.2, 0.25) is 0 Å². The number of hydrogen-bond acceptors (Lipinski definition) is 6. The summed E-state index contributed by atoms with van der Waals surface area (Å²) in [6, 6.07) is 22.4. The van der Waals surface area contributed by atoms with Crippen LogP contribution in [0.4, 0.5) is 11.4 Å². The number of hydrogen-bond donors (Lipinski definition) is 3. The highest BCUT2D eigenvalue weighted by atomic mass is 16.9. The van der Waals surface area contributed by atoms with E-state index in [0.717, 1.165) is 11.1 Å². The second-order valence-corrected chi connectivity index (χ2v) is 7.59. The Morgan fingerprint density at radius 2 is 1.66 bits per heavy atom. The quantitative estimate of drug-likeness (QED) is 0.179. The molecular weight excluding hydrogens is 446 g/mol. The van der Waals surface area contributed by atoms with Crippen LogP contribution in [0.25, 0.3) is 0 Å². The van der Waals surface area contributed by atoms with Gasteiger partial charge in [0.1, 0.15) is 11.8 Å². The van der Waals surface area contributed by atoms with Gasteiger partial charge < -0.3 is 26.8 Å². The van der Waals surface area contributed by atoms with Crippen molar-refractivity contribution in [3.63, 3.8) is 0 Å². The van der Waals surface area contributed by atoms with Gasteiger partial charge in [0, 0.05) is 24.3 Å². The van der Waals surface area contributed by atoms with Gasteiger partial charge in [-0.3, -0.25) is 19.4 Å². The number of anilines is 2. The largest absolute Gasteiger partial charge is 0.733 e. The highest BCUT2D eigenvalue weighted by molar-refractivity contribution is 6.11. The lowest BCUT2D eigenvalue weighted by molar-refractivity contribution is -0.129. The van der Waals surface area contributed by atoms with Crippen molar-refractivity contribution in [1.29, 1.82) is 0 Å². The summed E-state index contributed by atoms with van der Waals surface area (Å²) in [6.07, 6.45) is 0. The number of nitrogens with zero attached hydrogens (tertiary/aromatic N) is 2. The zero-order valence-electron chi connectivity index (χ0n) is 19.6. The van der Waals surface area contributed by atoms with Gasteiger partial charge in [0.25, 0.3) is 0 Å². The molecule has 0 aromatic heterocycles. The number of nitrogens with one attached hydrogen (secondary N) is 2. The summed E-state index contributed by atoms with van der Waals surface area (Å²) in [5.41, 5.74) is 8.86. The Balaban J connectivity index is 1.72. The van der Waals surface area contributed by atoms with E-state index in [4.69, 9.17) is 5.73 Å². The van der Waals surface area contributed by atoms with Crippen LogP contribution in [0.3, 0.4) is 0 Å². The molecule has 0 saturated heterocycles. The lowest BCUT2D eigenvalue weighted by Gasteiger charge is -2.26. The number of rotatable bonds is 10. The Labute approximate surface area is 204 Å². The van der Waals surface area contributed by atoms with Crippen LogP contribution in [-0.2, 0) is 21.0 Å². The number of aliphatic imine (C=N–C) groups is 1. The molecule has 9 heteroatoms. The van der Waals surface area contributed by atoms with Gasteiger partial charge in [-0.25, -0.2) is 0 Å². The molecule has 0 aliphatic heterocycles. The first kappa shape index (κ1) is 25.4. The molecule has 1 unspecified atom stereocenters. The van der Waals surface area contributed by atoms with Crippen LogP contribution in [0, 0.1) is 5.21 Å². The number of amides is 2. The van der Waals surface area contributed by atoms with E-state index in [-0.39, 0.29) is 6.54 Å². The second kappa shape index (κ2) is 12.3. The molecule has 0 bridgehead atoms. The molecule has 1 atom stereocenters. The van der Waals surface area contributed by atoms with Crippen molar-refractivity contribution in [2.75, 3.05) is 24.2 Å². The number of carbonyl (C=O) groups excluding carboxylic acids is 2. The summed E-state index contributed by atoms with van der Waals surface area (Å²) in [6.45, 7) is 2.66. The van der Waals surface area contributed by atoms with Crippen molar-refractivity contribution < 1.29 is 14.4 Å². The van der Waals surface area contributed by atoms with Gasteiger partial charge in [-0.15, -0.1) is 0 Å². The van der Waals surface area contributed by atoms with E-state index in [1.807, 2.05) is 13.0 Å². The SMILES string of the molecule is CCN=C(N)c1ccc(NC(=O)C(C(=O)NCc2ccc(N([O-])OC)cc2)c2ccccc2)cc1. The van der Waals surface area contributed by atoms with Gasteiger partial charge >= 0.3 is 0 Å². The molecule has 0 aliphatic rings. The smallest absolute Gasteiger partial charge is 0.241 e. The van der Waals surface area contributed by atoms with Crippen molar-refractivity contribution in [1.82, 2.24) is 5.32 Å². The summed E-state index contributed by atoms with van der Waals surface area (Å²) in [7, 11) is 1.28. The molecule has 2 amide bonds. The highest BCUT2D eigenvalue weighted by Crippen LogP contribution is 2.20. The van der Waals surface area contributed by atoms with Gasteiger partial charge in [0.15, 0.2) is 0 Å². The fraction of sp³-hybridized carbons (Fsp3) is 0.192. The highest BCUT2D eigenvalue weighted by Gasteiger charge is 2.28. The normalized spacial score (nSPS) is 12.0. The molecule has 0 radical (unpaired) electrons. The Morgan fingerprint density at radius 1 is 1.00 bits per heavy atom. The minimum atomic E-state index is -1.06. The van der Waals surface area contributed by atoms with E-state index in [9.17, 15) is 14.8 Å². The van der Waals surface area contributed by atoms with Gasteiger partial charge in [-0.05, 0) is 54.4 Å². The van der Waals surface area contributed by atoms with Crippen LogP contribution in [0.15, 0.2) is 83.9 Å². The van der Waals surface area contributed by atoms with Crippen LogP contribution in [0.1, 0.15) is 29.5 Å². The number of amidine groups is 1. The zero-order chi connectivity index (χ0) is 25.2. The molecule has 0 aliphatic carbocycles. The summed E-state index contributed by atoms with van der Waals surface area (Å²) in [5, 5.41) is 17.5. The Bertz CT molecular complexity index is 1150. The average Bonchev–Trinajstić information content (AvgIpc) is 2.88. The first-order valence-electron chi connectivity index (χ1n) is 11.1. The minimum absolute atomic E-state index is 0.187. The molecule has 35 heavy (non-hydrogen) atoms. The maximum atomic E-state index is 13.2. The molecule has 0 heterocycles. The van der Waals surface area contributed by atoms with E-state index in [1.54, 1.807) is 72.8 Å². The maximum absolute atomic E-state index is 13.2. The Kier molecular flexibility index (Phi) is 8.94.